The first-order valence-corrected chi connectivity index (χ1v) is 10.6. The summed E-state index contributed by atoms with van der Waals surface area (Å²) in [6.07, 6.45) is -1.62. The van der Waals surface area contributed by atoms with Gasteiger partial charge in [0.25, 0.3) is 0 Å². The van der Waals surface area contributed by atoms with E-state index in [-0.39, 0.29) is 13.0 Å². The Balaban J connectivity index is 1.51. The molecule has 1 heterocycles. The molecule has 1 aromatic heterocycles. The Hall–Kier alpha value is -3.72. The van der Waals surface area contributed by atoms with Crippen molar-refractivity contribution in [2.75, 3.05) is 6.61 Å². The highest BCUT2D eigenvalue weighted by Crippen LogP contribution is 2.26. The number of nitrogens with one attached hydrogen (secondary N) is 1. The van der Waals surface area contributed by atoms with Crippen molar-refractivity contribution in [3.05, 3.63) is 71.1 Å². The van der Waals surface area contributed by atoms with E-state index in [9.17, 15) is 19.2 Å². The predicted octanol–water partition coefficient (Wildman–Crippen LogP) is 3.33. The molecule has 1 amide bonds. The number of Topliss-reactive ketones (excluding diaryl/α,β-unsaturated/α-hetero) is 1. The standard InChI is InChI=1S/C23H21NO7S/c25-19(13-30-22(28)10-16-14-32-20-9-5-4-8-17(16)20)18(11-21(26)27)24-23(29)31-12-15-6-2-1-3-7-15/h1-9,14,18H,10-13H2,(H,24,29)(H,26,27). The molecule has 0 aliphatic heterocycles. The first-order chi connectivity index (χ1) is 15.4. The first kappa shape index (κ1) is 23.0. The van der Waals surface area contributed by atoms with E-state index in [0.717, 1.165) is 21.2 Å². The topological polar surface area (TPSA) is 119 Å². The van der Waals surface area contributed by atoms with Crippen LogP contribution in [-0.4, -0.2) is 41.6 Å². The van der Waals surface area contributed by atoms with Gasteiger partial charge in [-0.05, 0) is 28.0 Å². The Bertz CT molecular complexity index is 1110. The molecular weight excluding hydrogens is 434 g/mol. The molecule has 0 saturated heterocycles. The number of hydrogen-bond donors (Lipinski definition) is 2. The van der Waals surface area contributed by atoms with Crippen LogP contribution in [-0.2, 0) is 36.9 Å². The summed E-state index contributed by atoms with van der Waals surface area (Å²) in [6, 6.07) is 15.1. The number of fused-ring (bicyclic) bond motifs is 1. The fourth-order valence-electron chi connectivity index (χ4n) is 2.96. The molecule has 9 heteroatoms. The lowest BCUT2D eigenvalue weighted by atomic mass is 10.1. The molecule has 3 aromatic rings. The van der Waals surface area contributed by atoms with Crippen LogP contribution in [0.15, 0.2) is 60.0 Å². The quantitative estimate of drug-likeness (QED) is 0.450. The third-order valence-electron chi connectivity index (χ3n) is 4.54. The van der Waals surface area contributed by atoms with Crippen LogP contribution in [0.3, 0.4) is 0 Å². The number of amides is 1. The fourth-order valence-corrected chi connectivity index (χ4v) is 3.92. The van der Waals surface area contributed by atoms with Gasteiger partial charge in [-0.15, -0.1) is 11.3 Å². The van der Waals surface area contributed by atoms with Gasteiger partial charge in [0.2, 0.25) is 0 Å². The summed E-state index contributed by atoms with van der Waals surface area (Å²) in [5, 5.41) is 14.1. The highest BCUT2D eigenvalue weighted by Gasteiger charge is 2.25. The summed E-state index contributed by atoms with van der Waals surface area (Å²) in [6.45, 7) is -0.692. The molecule has 0 bridgehead atoms. The van der Waals surface area contributed by atoms with Crippen molar-refractivity contribution in [3.63, 3.8) is 0 Å². The molecule has 166 valence electrons. The smallest absolute Gasteiger partial charge is 0.408 e. The van der Waals surface area contributed by atoms with E-state index in [1.165, 1.54) is 11.3 Å². The number of carboxylic acid groups (broad SMARTS) is 1. The minimum Gasteiger partial charge on any atom is -0.481 e. The van der Waals surface area contributed by atoms with Gasteiger partial charge in [0.1, 0.15) is 12.6 Å². The lowest BCUT2D eigenvalue weighted by molar-refractivity contribution is -0.148. The molecule has 0 aliphatic rings. The van der Waals surface area contributed by atoms with Gasteiger partial charge in [-0.25, -0.2) is 4.79 Å². The number of hydrogen-bond acceptors (Lipinski definition) is 7. The van der Waals surface area contributed by atoms with E-state index in [1.54, 1.807) is 24.3 Å². The van der Waals surface area contributed by atoms with E-state index < -0.39 is 42.9 Å². The van der Waals surface area contributed by atoms with E-state index >= 15 is 0 Å². The van der Waals surface area contributed by atoms with Crippen molar-refractivity contribution in [2.24, 2.45) is 0 Å². The number of thiophene rings is 1. The minimum atomic E-state index is -1.38. The number of carbonyl (C=O) groups is 4. The summed E-state index contributed by atoms with van der Waals surface area (Å²) in [7, 11) is 0. The number of alkyl carbamates (subject to hydrolysis) is 1. The van der Waals surface area contributed by atoms with E-state index in [0.29, 0.717) is 0 Å². The molecule has 2 N–H and O–H groups in total. The molecule has 0 fully saturated rings. The van der Waals surface area contributed by atoms with E-state index in [2.05, 4.69) is 5.32 Å². The van der Waals surface area contributed by atoms with Gasteiger partial charge < -0.3 is 19.9 Å². The Morgan fingerprint density at radius 1 is 0.969 bits per heavy atom. The number of carbonyl (C=O) groups excluding carboxylic acids is 3. The molecule has 2 aromatic carbocycles. The fraction of sp³-hybridized carbons (Fsp3) is 0.217. The average molecular weight is 455 g/mol. The Kier molecular flexibility index (Phi) is 7.93. The maximum Gasteiger partial charge on any atom is 0.408 e. The normalized spacial score (nSPS) is 11.5. The minimum absolute atomic E-state index is 0.0204. The molecular formula is C23H21NO7S. The zero-order valence-electron chi connectivity index (χ0n) is 17.0. The van der Waals surface area contributed by atoms with Gasteiger partial charge in [0.05, 0.1) is 12.8 Å². The molecule has 8 nitrogen and oxygen atoms in total. The highest BCUT2D eigenvalue weighted by atomic mass is 32.1. The molecule has 1 atom stereocenters. The average Bonchev–Trinajstić information content (AvgIpc) is 3.19. The van der Waals surface area contributed by atoms with Crippen molar-refractivity contribution in [2.45, 2.75) is 25.5 Å². The zero-order chi connectivity index (χ0) is 22.9. The molecule has 0 aliphatic carbocycles. The lowest BCUT2D eigenvalue weighted by Crippen LogP contribution is -2.44. The van der Waals surface area contributed by atoms with Crippen LogP contribution in [0.5, 0.6) is 0 Å². The van der Waals surface area contributed by atoms with Gasteiger partial charge >= 0.3 is 18.0 Å². The summed E-state index contributed by atoms with van der Waals surface area (Å²) in [5.41, 5.74) is 1.52. The third-order valence-corrected chi connectivity index (χ3v) is 5.56. The number of aliphatic carboxylic acids is 1. The van der Waals surface area contributed by atoms with Crippen LogP contribution in [0.2, 0.25) is 0 Å². The zero-order valence-corrected chi connectivity index (χ0v) is 17.8. The monoisotopic (exact) mass is 455 g/mol. The first-order valence-electron chi connectivity index (χ1n) is 9.75. The number of ether oxygens (including phenoxy) is 2. The SMILES string of the molecule is O=C(O)CC(NC(=O)OCc1ccccc1)C(=O)COC(=O)Cc1csc2ccccc12. The van der Waals surface area contributed by atoms with Gasteiger partial charge in [0.15, 0.2) is 12.4 Å². The van der Waals surface area contributed by atoms with Gasteiger partial charge in [-0.3, -0.25) is 14.4 Å². The van der Waals surface area contributed by atoms with Crippen molar-refractivity contribution in [1.82, 2.24) is 5.32 Å². The second-order valence-corrected chi connectivity index (χ2v) is 7.83. The van der Waals surface area contributed by atoms with Crippen LogP contribution in [0.4, 0.5) is 4.79 Å². The van der Waals surface area contributed by atoms with Gasteiger partial charge in [-0.2, -0.15) is 0 Å². The Morgan fingerprint density at radius 2 is 1.69 bits per heavy atom. The summed E-state index contributed by atoms with van der Waals surface area (Å²) in [5.74, 6) is -2.65. The van der Waals surface area contributed by atoms with E-state index in [1.807, 2.05) is 35.7 Å². The predicted molar refractivity (Wildman–Crippen MR) is 117 cm³/mol. The third kappa shape index (κ3) is 6.64. The van der Waals surface area contributed by atoms with Crippen molar-refractivity contribution >= 4 is 45.2 Å². The number of carboxylic acids is 1. The van der Waals surface area contributed by atoms with Gasteiger partial charge in [-0.1, -0.05) is 48.5 Å². The van der Waals surface area contributed by atoms with Crippen LogP contribution < -0.4 is 5.32 Å². The molecule has 1 unspecified atom stereocenters. The lowest BCUT2D eigenvalue weighted by Gasteiger charge is -2.16. The van der Waals surface area contributed by atoms with Crippen LogP contribution >= 0.6 is 11.3 Å². The number of ketones is 1. The summed E-state index contributed by atoms with van der Waals surface area (Å²) < 4.78 is 11.1. The van der Waals surface area contributed by atoms with Crippen molar-refractivity contribution in [1.29, 1.82) is 0 Å². The van der Waals surface area contributed by atoms with E-state index in [4.69, 9.17) is 14.6 Å². The number of rotatable bonds is 10. The molecule has 0 radical (unpaired) electrons. The number of esters is 1. The van der Waals surface area contributed by atoms with Crippen molar-refractivity contribution < 1.29 is 33.8 Å². The second kappa shape index (κ2) is 11.1. The molecule has 0 saturated carbocycles. The van der Waals surface area contributed by atoms with Crippen LogP contribution in [0.1, 0.15) is 17.5 Å². The maximum atomic E-state index is 12.4. The molecule has 0 spiro atoms. The van der Waals surface area contributed by atoms with Crippen LogP contribution in [0.25, 0.3) is 10.1 Å². The molecule has 3 rings (SSSR count). The highest BCUT2D eigenvalue weighted by molar-refractivity contribution is 7.17. The molecule has 32 heavy (non-hydrogen) atoms. The Labute approximate surface area is 187 Å². The number of benzene rings is 2. The summed E-state index contributed by atoms with van der Waals surface area (Å²) >= 11 is 1.50. The van der Waals surface area contributed by atoms with Crippen LogP contribution in [0, 0.1) is 0 Å². The Morgan fingerprint density at radius 3 is 2.44 bits per heavy atom. The summed E-state index contributed by atoms with van der Waals surface area (Å²) in [4.78, 5) is 47.7. The van der Waals surface area contributed by atoms with Crippen molar-refractivity contribution in [3.8, 4) is 0 Å². The second-order valence-electron chi connectivity index (χ2n) is 6.92. The van der Waals surface area contributed by atoms with Gasteiger partial charge in [0, 0.05) is 4.70 Å². The largest absolute Gasteiger partial charge is 0.481 e. The maximum absolute atomic E-state index is 12.4.